The summed E-state index contributed by atoms with van der Waals surface area (Å²) in [6.07, 6.45) is 0. The van der Waals surface area contributed by atoms with E-state index in [0.29, 0.717) is 22.4 Å². The van der Waals surface area contributed by atoms with Gasteiger partial charge in [0.05, 0.1) is 15.9 Å². The molecule has 1 aromatic heterocycles. The SMILES string of the molecule is Cc1ccc(Nc2nc3ccccc3nc2NS(=O)(=O)c2cc(C(C)(C)C)ccc2C)cc1C. The predicted molar refractivity (Wildman–Crippen MR) is 139 cm³/mol. The molecule has 3 aromatic carbocycles. The average Bonchev–Trinajstić information content (AvgIpc) is 2.76. The molecule has 0 spiro atoms. The van der Waals surface area contributed by atoms with E-state index in [-0.39, 0.29) is 16.1 Å². The van der Waals surface area contributed by atoms with Crippen molar-refractivity contribution in [3.63, 3.8) is 0 Å². The van der Waals surface area contributed by atoms with E-state index in [9.17, 15) is 8.42 Å². The van der Waals surface area contributed by atoms with Crippen molar-refractivity contribution in [1.82, 2.24) is 9.97 Å². The van der Waals surface area contributed by atoms with E-state index in [1.54, 1.807) is 13.0 Å². The first-order valence-electron chi connectivity index (χ1n) is 11.2. The lowest BCUT2D eigenvalue weighted by Gasteiger charge is -2.21. The van der Waals surface area contributed by atoms with E-state index in [1.165, 1.54) is 5.56 Å². The molecule has 176 valence electrons. The Morgan fingerprint density at radius 2 is 1.35 bits per heavy atom. The number of rotatable bonds is 5. The lowest BCUT2D eigenvalue weighted by Crippen LogP contribution is -2.19. The Balaban J connectivity index is 1.80. The van der Waals surface area contributed by atoms with Crippen LogP contribution in [0.15, 0.2) is 65.6 Å². The maximum Gasteiger partial charge on any atom is 0.263 e. The Kier molecular flexibility index (Phi) is 6.08. The lowest BCUT2D eigenvalue weighted by molar-refractivity contribution is 0.584. The van der Waals surface area contributed by atoms with Crippen LogP contribution in [0.25, 0.3) is 11.0 Å². The van der Waals surface area contributed by atoms with E-state index >= 15 is 0 Å². The third-order valence-corrected chi connectivity index (χ3v) is 7.40. The smallest absolute Gasteiger partial charge is 0.263 e. The monoisotopic (exact) mass is 474 g/mol. The van der Waals surface area contributed by atoms with Crippen LogP contribution >= 0.6 is 0 Å². The summed E-state index contributed by atoms with van der Waals surface area (Å²) >= 11 is 0. The van der Waals surface area contributed by atoms with Gasteiger partial charge in [0.2, 0.25) is 0 Å². The number of nitrogens with one attached hydrogen (secondary N) is 2. The lowest BCUT2D eigenvalue weighted by atomic mass is 9.87. The van der Waals surface area contributed by atoms with Crippen molar-refractivity contribution in [1.29, 1.82) is 0 Å². The minimum atomic E-state index is -3.92. The molecule has 0 bridgehead atoms. The number of fused-ring (bicyclic) bond motifs is 1. The molecule has 0 radical (unpaired) electrons. The fraction of sp³-hybridized carbons (Fsp3) is 0.259. The summed E-state index contributed by atoms with van der Waals surface area (Å²) in [5, 5.41) is 3.26. The van der Waals surface area contributed by atoms with Gasteiger partial charge in [-0.15, -0.1) is 0 Å². The Labute approximate surface area is 201 Å². The number of aryl methyl sites for hydroxylation is 3. The molecule has 0 unspecified atom stereocenters. The van der Waals surface area contributed by atoms with Crippen LogP contribution in [0.2, 0.25) is 0 Å². The summed E-state index contributed by atoms with van der Waals surface area (Å²) in [4.78, 5) is 9.52. The largest absolute Gasteiger partial charge is 0.337 e. The van der Waals surface area contributed by atoms with Gasteiger partial charge in [-0.2, -0.15) is 0 Å². The number of nitrogens with zero attached hydrogens (tertiary/aromatic N) is 2. The van der Waals surface area contributed by atoms with Crippen molar-refractivity contribution in [2.24, 2.45) is 0 Å². The molecule has 4 aromatic rings. The summed E-state index contributed by atoms with van der Waals surface area (Å²) in [7, 11) is -3.92. The van der Waals surface area contributed by atoms with Crippen LogP contribution in [0.3, 0.4) is 0 Å². The van der Waals surface area contributed by atoms with Gasteiger partial charge in [-0.05, 0) is 78.8 Å². The Bertz CT molecular complexity index is 1490. The topological polar surface area (TPSA) is 84.0 Å². The second kappa shape index (κ2) is 8.72. The van der Waals surface area contributed by atoms with Crippen molar-refractivity contribution >= 4 is 38.4 Å². The molecule has 2 N–H and O–H groups in total. The number of anilines is 3. The van der Waals surface area contributed by atoms with E-state index < -0.39 is 10.0 Å². The third-order valence-electron chi connectivity index (χ3n) is 5.91. The second-order valence-corrected chi connectivity index (χ2v) is 11.3. The second-order valence-electron chi connectivity index (χ2n) is 9.67. The third kappa shape index (κ3) is 4.89. The molecule has 6 nitrogen and oxygen atoms in total. The number of sulfonamides is 1. The molecule has 4 rings (SSSR count). The Hall–Kier alpha value is -3.45. The van der Waals surface area contributed by atoms with E-state index in [0.717, 1.165) is 16.8 Å². The highest BCUT2D eigenvalue weighted by atomic mass is 32.2. The van der Waals surface area contributed by atoms with Gasteiger partial charge in [-0.25, -0.2) is 18.4 Å². The molecule has 0 atom stereocenters. The van der Waals surface area contributed by atoms with Crippen LogP contribution in [0.5, 0.6) is 0 Å². The molecule has 0 saturated heterocycles. The zero-order chi connectivity index (χ0) is 24.7. The van der Waals surface area contributed by atoms with Gasteiger partial charge >= 0.3 is 0 Å². The van der Waals surface area contributed by atoms with Crippen LogP contribution in [-0.4, -0.2) is 18.4 Å². The van der Waals surface area contributed by atoms with Crippen LogP contribution in [0.1, 0.15) is 43.0 Å². The number of benzene rings is 3. The number of hydrogen-bond acceptors (Lipinski definition) is 5. The first-order valence-corrected chi connectivity index (χ1v) is 12.7. The molecular formula is C27H30N4O2S. The zero-order valence-corrected chi connectivity index (χ0v) is 21.2. The highest BCUT2D eigenvalue weighted by Crippen LogP contribution is 2.31. The fourth-order valence-electron chi connectivity index (χ4n) is 3.65. The van der Waals surface area contributed by atoms with Crippen molar-refractivity contribution in [2.75, 3.05) is 10.0 Å². The van der Waals surface area contributed by atoms with Gasteiger partial charge in [0.15, 0.2) is 11.6 Å². The number of hydrogen-bond donors (Lipinski definition) is 2. The first-order chi connectivity index (χ1) is 15.9. The van der Waals surface area contributed by atoms with Gasteiger partial charge in [-0.3, -0.25) is 4.72 Å². The van der Waals surface area contributed by atoms with E-state index in [2.05, 4.69) is 40.8 Å². The molecule has 0 aliphatic carbocycles. The molecule has 0 aliphatic rings. The van der Waals surface area contributed by atoms with Gasteiger partial charge < -0.3 is 5.32 Å². The number of aromatic nitrogens is 2. The van der Waals surface area contributed by atoms with Crippen LogP contribution in [0.4, 0.5) is 17.3 Å². The van der Waals surface area contributed by atoms with Crippen molar-refractivity contribution in [2.45, 2.75) is 51.9 Å². The molecule has 0 saturated carbocycles. The zero-order valence-electron chi connectivity index (χ0n) is 20.4. The Morgan fingerprint density at radius 1 is 0.735 bits per heavy atom. The van der Waals surface area contributed by atoms with Gasteiger partial charge in [0, 0.05) is 5.69 Å². The van der Waals surface area contributed by atoms with Gasteiger partial charge in [0.1, 0.15) is 0 Å². The van der Waals surface area contributed by atoms with E-state index in [4.69, 9.17) is 0 Å². The highest BCUT2D eigenvalue weighted by molar-refractivity contribution is 7.92. The van der Waals surface area contributed by atoms with Crippen molar-refractivity contribution < 1.29 is 8.42 Å². The summed E-state index contributed by atoms with van der Waals surface area (Å²) in [5.74, 6) is 0.493. The van der Waals surface area contributed by atoms with E-state index in [1.807, 2.05) is 68.4 Å². The van der Waals surface area contributed by atoms with Gasteiger partial charge in [0.25, 0.3) is 10.0 Å². The molecule has 0 fully saturated rings. The minimum absolute atomic E-state index is 0.150. The highest BCUT2D eigenvalue weighted by Gasteiger charge is 2.24. The first kappa shape index (κ1) is 23.7. The summed E-state index contributed by atoms with van der Waals surface area (Å²) in [5.41, 5.74) is 5.79. The van der Waals surface area contributed by atoms with Crippen LogP contribution in [-0.2, 0) is 15.4 Å². The Morgan fingerprint density at radius 3 is 1.97 bits per heavy atom. The number of para-hydroxylation sites is 2. The molecule has 1 heterocycles. The summed E-state index contributed by atoms with van der Waals surface area (Å²) < 4.78 is 29.8. The molecule has 34 heavy (non-hydrogen) atoms. The quantitative estimate of drug-likeness (QED) is 0.350. The predicted octanol–water partition coefficient (Wildman–Crippen LogP) is 6.40. The molecule has 7 heteroatoms. The fourth-order valence-corrected chi connectivity index (χ4v) is 4.93. The summed E-state index contributed by atoms with van der Waals surface area (Å²) in [6.45, 7) is 12.0. The van der Waals surface area contributed by atoms with Crippen molar-refractivity contribution in [3.05, 3.63) is 82.9 Å². The molecular weight excluding hydrogens is 444 g/mol. The van der Waals surface area contributed by atoms with Crippen LogP contribution < -0.4 is 10.0 Å². The van der Waals surface area contributed by atoms with Crippen LogP contribution in [0, 0.1) is 20.8 Å². The molecule has 0 amide bonds. The minimum Gasteiger partial charge on any atom is -0.337 e. The molecule has 0 aliphatic heterocycles. The normalized spacial score (nSPS) is 12.1. The van der Waals surface area contributed by atoms with Crippen molar-refractivity contribution in [3.8, 4) is 0 Å². The average molecular weight is 475 g/mol. The van der Waals surface area contributed by atoms with Gasteiger partial charge in [-0.1, -0.05) is 51.1 Å². The summed E-state index contributed by atoms with van der Waals surface area (Å²) in [6, 6.07) is 18.9. The maximum atomic E-state index is 13.5. The standard InChI is InChI=1S/C27H30N4O2S/c1-17-12-14-21(15-19(17)3)28-25-26(30-23-10-8-7-9-22(23)29-25)31-34(32,33)24-16-20(27(4,5)6)13-11-18(24)2/h7-16H,1-6H3,(H,28,29)(H,30,31). The maximum absolute atomic E-state index is 13.5.